The van der Waals surface area contributed by atoms with E-state index in [9.17, 15) is 0 Å². The monoisotopic (exact) mass is 219 g/mol. The van der Waals surface area contributed by atoms with Crippen LogP contribution in [0.2, 0.25) is 0 Å². The van der Waals surface area contributed by atoms with Crippen LogP contribution in [0.4, 0.5) is 0 Å². The molecule has 0 radical (unpaired) electrons. The molecule has 88 valence electrons. The maximum absolute atomic E-state index is 5.88. The van der Waals surface area contributed by atoms with Crippen LogP contribution in [0.5, 0.6) is 0 Å². The highest BCUT2D eigenvalue weighted by molar-refractivity contribution is 5.20. The van der Waals surface area contributed by atoms with Gasteiger partial charge >= 0.3 is 0 Å². The van der Waals surface area contributed by atoms with Crippen molar-refractivity contribution in [2.45, 2.75) is 38.3 Å². The van der Waals surface area contributed by atoms with E-state index in [2.05, 4.69) is 42.6 Å². The van der Waals surface area contributed by atoms with E-state index in [1.807, 2.05) is 0 Å². The molecule has 1 aromatic rings. The van der Waals surface area contributed by atoms with E-state index in [0.29, 0.717) is 12.1 Å². The van der Waals surface area contributed by atoms with Gasteiger partial charge in [-0.3, -0.25) is 0 Å². The first-order chi connectivity index (χ1) is 7.92. The lowest BCUT2D eigenvalue weighted by atomic mass is 9.96. The van der Waals surface area contributed by atoms with Crippen LogP contribution in [0, 0.1) is 0 Å². The van der Waals surface area contributed by atoms with Crippen LogP contribution in [0.15, 0.2) is 30.3 Å². The fourth-order valence-corrected chi connectivity index (χ4v) is 2.37. The fraction of sp³-hybridized carbons (Fsp3) is 0.571. The third-order valence-electron chi connectivity index (χ3n) is 3.17. The molecule has 1 aliphatic heterocycles. The molecule has 1 saturated heterocycles. The predicted molar refractivity (Wildman–Crippen MR) is 66.5 cm³/mol. The van der Waals surface area contributed by atoms with E-state index in [1.165, 1.54) is 24.8 Å². The molecule has 2 atom stereocenters. The predicted octanol–water partition coefficient (Wildman–Crippen LogP) is 2.91. The summed E-state index contributed by atoms with van der Waals surface area (Å²) < 4.78 is 5.88. The van der Waals surface area contributed by atoms with Crippen LogP contribution in [0.25, 0.3) is 0 Å². The lowest BCUT2D eigenvalue weighted by Gasteiger charge is -2.31. The van der Waals surface area contributed by atoms with Crippen molar-refractivity contribution in [2.24, 2.45) is 0 Å². The molecule has 1 aliphatic rings. The summed E-state index contributed by atoms with van der Waals surface area (Å²) in [4.78, 5) is 0. The van der Waals surface area contributed by atoms with Gasteiger partial charge in [0, 0.05) is 6.61 Å². The molecule has 1 heterocycles. The van der Waals surface area contributed by atoms with Gasteiger partial charge in [0.1, 0.15) is 0 Å². The molecule has 2 nitrogen and oxygen atoms in total. The normalized spacial score (nSPS) is 22.9. The number of hydrogen-bond acceptors (Lipinski definition) is 2. The summed E-state index contributed by atoms with van der Waals surface area (Å²) in [7, 11) is 0. The van der Waals surface area contributed by atoms with Gasteiger partial charge in [-0.1, -0.05) is 37.3 Å². The maximum atomic E-state index is 5.88. The van der Waals surface area contributed by atoms with E-state index >= 15 is 0 Å². The second-order valence-electron chi connectivity index (χ2n) is 4.35. The summed E-state index contributed by atoms with van der Waals surface area (Å²) >= 11 is 0. The van der Waals surface area contributed by atoms with Crippen molar-refractivity contribution in [2.75, 3.05) is 13.2 Å². The van der Waals surface area contributed by atoms with E-state index in [0.717, 1.165) is 13.2 Å². The molecule has 2 heteroatoms. The van der Waals surface area contributed by atoms with Crippen LogP contribution in [-0.2, 0) is 4.74 Å². The first-order valence-electron chi connectivity index (χ1n) is 6.31. The smallest absolute Gasteiger partial charge is 0.0769 e. The molecule has 2 unspecified atom stereocenters. The molecule has 1 N–H and O–H groups in total. The molecule has 1 aromatic carbocycles. The number of ether oxygens (including phenoxy) is 1. The Hall–Kier alpha value is -0.860. The Morgan fingerprint density at radius 3 is 2.75 bits per heavy atom. The highest BCUT2D eigenvalue weighted by Gasteiger charge is 2.24. The van der Waals surface area contributed by atoms with Gasteiger partial charge in [-0.25, -0.2) is 0 Å². The highest BCUT2D eigenvalue weighted by Crippen LogP contribution is 2.26. The summed E-state index contributed by atoms with van der Waals surface area (Å²) in [5.74, 6) is 0. The van der Waals surface area contributed by atoms with Gasteiger partial charge in [-0.05, 0) is 31.4 Å². The highest BCUT2D eigenvalue weighted by atomic mass is 16.5. The summed E-state index contributed by atoms with van der Waals surface area (Å²) in [6.07, 6.45) is 4.02. The number of hydrogen-bond donors (Lipinski definition) is 1. The van der Waals surface area contributed by atoms with Gasteiger partial charge in [0.05, 0.1) is 12.1 Å². The summed E-state index contributed by atoms with van der Waals surface area (Å²) in [6.45, 7) is 4.05. The van der Waals surface area contributed by atoms with Crippen LogP contribution in [0.1, 0.15) is 37.8 Å². The van der Waals surface area contributed by atoms with E-state index in [4.69, 9.17) is 4.74 Å². The molecule has 16 heavy (non-hydrogen) atoms. The Balaban J connectivity index is 2.09. The second kappa shape index (κ2) is 6.02. The topological polar surface area (TPSA) is 21.3 Å². The average molecular weight is 219 g/mol. The molecule has 1 fully saturated rings. The molecule has 0 amide bonds. The van der Waals surface area contributed by atoms with E-state index < -0.39 is 0 Å². The van der Waals surface area contributed by atoms with E-state index in [1.54, 1.807) is 0 Å². The van der Waals surface area contributed by atoms with E-state index in [-0.39, 0.29) is 0 Å². The van der Waals surface area contributed by atoms with Crippen molar-refractivity contribution in [1.29, 1.82) is 0 Å². The average Bonchev–Trinajstić information content (AvgIpc) is 2.38. The van der Waals surface area contributed by atoms with Crippen molar-refractivity contribution in [1.82, 2.24) is 5.32 Å². The summed E-state index contributed by atoms with van der Waals surface area (Å²) in [5, 5.41) is 3.54. The van der Waals surface area contributed by atoms with Crippen LogP contribution in [0.3, 0.4) is 0 Å². The molecule has 0 spiro atoms. The minimum Gasteiger partial charge on any atom is -0.376 e. The van der Waals surface area contributed by atoms with Crippen molar-refractivity contribution in [3.05, 3.63) is 35.9 Å². The zero-order chi connectivity index (χ0) is 11.2. The van der Waals surface area contributed by atoms with Gasteiger partial charge in [-0.2, -0.15) is 0 Å². The van der Waals surface area contributed by atoms with Crippen LogP contribution < -0.4 is 5.32 Å². The number of rotatable bonds is 4. The first-order valence-corrected chi connectivity index (χ1v) is 6.31. The van der Waals surface area contributed by atoms with Gasteiger partial charge < -0.3 is 10.1 Å². The zero-order valence-corrected chi connectivity index (χ0v) is 9.99. The SMILES string of the molecule is CCNC(c1ccccc1)C1CCCCO1. The Labute approximate surface area is 98.0 Å². The second-order valence-corrected chi connectivity index (χ2v) is 4.35. The molecule has 2 rings (SSSR count). The first kappa shape index (κ1) is 11.6. The van der Waals surface area contributed by atoms with Gasteiger partial charge in [0.2, 0.25) is 0 Å². The molecule has 0 saturated carbocycles. The molecular formula is C14H21NO. The lowest BCUT2D eigenvalue weighted by Crippen LogP contribution is -2.35. The lowest BCUT2D eigenvalue weighted by molar-refractivity contribution is -0.00786. The summed E-state index contributed by atoms with van der Waals surface area (Å²) in [6, 6.07) is 11.0. The third kappa shape index (κ3) is 2.83. The zero-order valence-electron chi connectivity index (χ0n) is 9.99. The third-order valence-corrected chi connectivity index (χ3v) is 3.17. The Morgan fingerprint density at radius 2 is 2.12 bits per heavy atom. The van der Waals surface area contributed by atoms with Crippen molar-refractivity contribution in [3.8, 4) is 0 Å². The Bertz CT molecular complexity index is 293. The molecular weight excluding hydrogens is 198 g/mol. The van der Waals surface area contributed by atoms with Crippen molar-refractivity contribution in [3.63, 3.8) is 0 Å². The quantitative estimate of drug-likeness (QED) is 0.840. The standard InChI is InChI=1S/C14H21NO/c1-2-15-14(12-8-4-3-5-9-12)13-10-6-7-11-16-13/h3-5,8-9,13-15H,2,6-7,10-11H2,1H3. The summed E-state index contributed by atoms with van der Waals surface area (Å²) in [5.41, 5.74) is 1.34. The van der Waals surface area contributed by atoms with Crippen molar-refractivity contribution >= 4 is 0 Å². The number of likely N-dealkylation sites (N-methyl/N-ethyl adjacent to an activating group) is 1. The Kier molecular flexibility index (Phi) is 4.37. The molecule has 0 aliphatic carbocycles. The van der Waals surface area contributed by atoms with Gasteiger partial charge in [-0.15, -0.1) is 0 Å². The van der Waals surface area contributed by atoms with Crippen molar-refractivity contribution < 1.29 is 4.74 Å². The fourth-order valence-electron chi connectivity index (χ4n) is 2.37. The maximum Gasteiger partial charge on any atom is 0.0769 e. The van der Waals surface area contributed by atoms with Gasteiger partial charge in [0.25, 0.3) is 0 Å². The van der Waals surface area contributed by atoms with Crippen LogP contribution in [-0.4, -0.2) is 19.3 Å². The minimum absolute atomic E-state index is 0.344. The largest absolute Gasteiger partial charge is 0.376 e. The van der Waals surface area contributed by atoms with Crippen LogP contribution >= 0.6 is 0 Å². The number of benzene rings is 1. The molecule has 0 bridgehead atoms. The number of nitrogens with one attached hydrogen (secondary N) is 1. The van der Waals surface area contributed by atoms with Gasteiger partial charge in [0.15, 0.2) is 0 Å². The molecule has 0 aromatic heterocycles. The minimum atomic E-state index is 0.344. The Morgan fingerprint density at radius 1 is 1.31 bits per heavy atom.